The molecular weight excluding hydrogens is 288 g/mol. The fourth-order valence-corrected chi connectivity index (χ4v) is 2.64. The monoisotopic (exact) mass is 310 g/mol. The van der Waals surface area contributed by atoms with Gasteiger partial charge in [0.15, 0.2) is 0 Å². The third kappa shape index (κ3) is 4.19. The zero-order valence-corrected chi connectivity index (χ0v) is 14.0. The largest absolute Gasteiger partial charge is 0.326 e. The highest BCUT2D eigenvalue weighted by Crippen LogP contribution is 2.22. The summed E-state index contributed by atoms with van der Waals surface area (Å²) in [7, 11) is 0. The molecule has 0 saturated carbocycles. The van der Waals surface area contributed by atoms with E-state index in [2.05, 4.69) is 11.4 Å². The first-order valence-electron chi connectivity index (χ1n) is 7.68. The van der Waals surface area contributed by atoms with Gasteiger partial charge >= 0.3 is 0 Å². The molecule has 0 aliphatic carbocycles. The van der Waals surface area contributed by atoms with Crippen LogP contribution >= 0.6 is 0 Å². The molecule has 23 heavy (non-hydrogen) atoms. The van der Waals surface area contributed by atoms with Crippen molar-refractivity contribution in [3.05, 3.63) is 59.2 Å². The molecule has 0 spiro atoms. The maximum Gasteiger partial charge on any atom is 0.258 e. The molecule has 0 heterocycles. The molecule has 4 nitrogen and oxygen atoms in total. The van der Waals surface area contributed by atoms with Crippen LogP contribution in [0.1, 0.15) is 35.3 Å². The van der Waals surface area contributed by atoms with E-state index in [4.69, 9.17) is 0 Å². The van der Waals surface area contributed by atoms with E-state index in [1.165, 1.54) is 6.92 Å². The minimum Gasteiger partial charge on any atom is -0.326 e. The van der Waals surface area contributed by atoms with E-state index in [1.54, 1.807) is 29.2 Å². The lowest BCUT2D eigenvalue weighted by Crippen LogP contribution is -2.30. The summed E-state index contributed by atoms with van der Waals surface area (Å²) >= 11 is 0. The number of carbonyl (C=O) groups excluding carboxylic acids is 2. The second-order valence-corrected chi connectivity index (χ2v) is 5.66. The Balaban J connectivity index is 2.34. The summed E-state index contributed by atoms with van der Waals surface area (Å²) in [6, 6.07) is 13.1. The second-order valence-electron chi connectivity index (χ2n) is 5.66. The minimum atomic E-state index is -0.156. The van der Waals surface area contributed by atoms with E-state index < -0.39 is 0 Å². The summed E-state index contributed by atoms with van der Waals surface area (Å²) in [5.41, 5.74) is 4.31. The fourth-order valence-electron chi connectivity index (χ4n) is 2.64. The molecule has 0 aromatic heterocycles. The highest BCUT2D eigenvalue weighted by atomic mass is 16.2. The van der Waals surface area contributed by atoms with Gasteiger partial charge in [0.05, 0.1) is 0 Å². The van der Waals surface area contributed by atoms with Crippen molar-refractivity contribution in [2.45, 2.75) is 27.7 Å². The molecule has 2 aromatic rings. The van der Waals surface area contributed by atoms with Crippen molar-refractivity contribution < 1.29 is 9.59 Å². The van der Waals surface area contributed by atoms with Crippen molar-refractivity contribution >= 4 is 23.2 Å². The predicted molar refractivity (Wildman–Crippen MR) is 94.0 cm³/mol. The van der Waals surface area contributed by atoms with Gasteiger partial charge in [-0.1, -0.05) is 12.1 Å². The summed E-state index contributed by atoms with van der Waals surface area (Å²) in [5, 5.41) is 2.71. The van der Waals surface area contributed by atoms with Gasteiger partial charge in [0.2, 0.25) is 5.91 Å². The summed E-state index contributed by atoms with van der Waals surface area (Å²) < 4.78 is 0. The number of benzene rings is 2. The van der Waals surface area contributed by atoms with Crippen molar-refractivity contribution in [1.82, 2.24) is 0 Å². The molecule has 0 aliphatic heterocycles. The zero-order chi connectivity index (χ0) is 17.0. The van der Waals surface area contributed by atoms with E-state index in [9.17, 15) is 9.59 Å². The van der Waals surface area contributed by atoms with E-state index in [0.717, 1.165) is 16.8 Å². The number of anilines is 2. The highest BCUT2D eigenvalue weighted by Gasteiger charge is 2.17. The van der Waals surface area contributed by atoms with Gasteiger partial charge in [-0.25, -0.2) is 0 Å². The maximum absolute atomic E-state index is 12.9. The van der Waals surface area contributed by atoms with Gasteiger partial charge in [-0.05, 0) is 62.2 Å². The van der Waals surface area contributed by atoms with Crippen LogP contribution in [0.5, 0.6) is 0 Å². The Hall–Kier alpha value is -2.62. The number of rotatable bonds is 4. The average Bonchev–Trinajstić information content (AvgIpc) is 2.46. The Morgan fingerprint density at radius 1 is 1.04 bits per heavy atom. The minimum absolute atomic E-state index is 0.0790. The van der Waals surface area contributed by atoms with Crippen LogP contribution in [-0.2, 0) is 4.79 Å². The van der Waals surface area contributed by atoms with Crippen LogP contribution in [0.15, 0.2) is 42.5 Å². The standard InChI is InChI=1S/C19H22N2O2/c1-5-21(18-10-13(2)9-14(3)11-18)19(23)16-7-6-8-17(12-16)20-15(4)22/h6-12H,5H2,1-4H3,(H,20,22). The lowest BCUT2D eigenvalue weighted by atomic mass is 10.1. The smallest absolute Gasteiger partial charge is 0.258 e. The van der Waals surface area contributed by atoms with Crippen molar-refractivity contribution in [1.29, 1.82) is 0 Å². The molecule has 0 saturated heterocycles. The molecule has 2 aromatic carbocycles. The summed E-state index contributed by atoms with van der Waals surface area (Å²) in [4.78, 5) is 25.8. The molecule has 2 amide bonds. The van der Waals surface area contributed by atoms with Crippen molar-refractivity contribution in [3.8, 4) is 0 Å². The van der Waals surface area contributed by atoms with Gasteiger partial charge in [0.25, 0.3) is 5.91 Å². The van der Waals surface area contributed by atoms with Gasteiger partial charge in [-0.15, -0.1) is 0 Å². The van der Waals surface area contributed by atoms with Crippen molar-refractivity contribution in [2.24, 2.45) is 0 Å². The third-order valence-electron chi connectivity index (χ3n) is 3.51. The number of hydrogen-bond acceptors (Lipinski definition) is 2. The normalized spacial score (nSPS) is 10.3. The highest BCUT2D eigenvalue weighted by molar-refractivity contribution is 6.07. The van der Waals surface area contributed by atoms with Gasteiger partial charge < -0.3 is 10.2 Å². The molecule has 4 heteroatoms. The molecule has 2 rings (SSSR count). The molecular formula is C19H22N2O2. The molecule has 0 radical (unpaired) electrons. The second kappa shape index (κ2) is 7.09. The van der Waals surface area contributed by atoms with E-state index in [1.807, 2.05) is 32.9 Å². The molecule has 0 atom stereocenters. The molecule has 120 valence electrons. The van der Waals surface area contributed by atoms with Crippen LogP contribution in [0.2, 0.25) is 0 Å². The number of hydrogen-bond donors (Lipinski definition) is 1. The lowest BCUT2D eigenvalue weighted by molar-refractivity contribution is -0.114. The van der Waals surface area contributed by atoms with Gasteiger partial charge in [-0.2, -0.15) is 0 Å². The number of nitrogens with one attached hydrogen (secondary N) is 1. The van der Waals surface area contributed by atoms with Crippen LogP contribution in [0.3, 0.4) is 0 Å². The van der Waals surface area contributed by atoms with E-state index in [0.29, 0.717) is 17.8 Å². The Morgan fingerprint density at radius 2 is 1.70 bits per heavy atom. The number of amides is 2. The van der Waals surface area contributed by atoms with Crippen LogP contribution in [0.4, 0.5) is 11.4 Å². The number of nitrogens with zero attached hydrogens (tertiary/aromatic N) is 1. The zero-order valence-electron chi connectivity index (χ0n) is 14.0. The van der Waals surface area contributed by atoms with Gasteiger partial charge in [0, 0.05) is 30.4 Å². The van der Waals surface area contributed by atoms with Crippen molar-refractivity contribution in [3.63, 3.8) is 0 Å². The molecule has 0 aliphatic rings. The first-order valence-corrected chi connectivity index (χ1v) is 7.68. The lowest BCUT2D eigenvalue weighted by Gasteiger charge is -2.22. The third-order valence-corrected chi connectivity index (χ3v) is 3.51. The summed E-state index contributed by atoms with van der Waals surface area (Å²) in [5.74, 6) is -0.235. The predicted octanol–water partition coefficient (Wildman–Crippen LogP) is 3.93. The average molecular weight is 310 g/mol. The van der Waals surface area contributed by atoms with E-state index in [-0.39, 0.29) is 11.8 Å². The Morgan fingerprint density at radius 3 is 2.26 bits per heavy atom. The Bertz CT molecular complexity index is 718. The SMILES string of the molecule is CCN(C(=O)c1cccc(NC(C)=O)c1)c1cc(C)cc(C)c1. The topological polar surface area (TPSA) is 49.4 Å². The fraction of sp³-hybridized carbons (Fsp3) is 0.263. The quantitative estimate of drug-likeness (QED) is 0.930. The number of carbonyl (C=O) groups is 2. The first kappa shape index (κ1) is 16.7. The molecule has 0 fully saturated rings. The summed E-state index contributed by atoms with van der Waals surface area (Å²) in [6.07, 6.45) is 0. The van der Waals surface area contributed by atoms with Gasteiger partial charge in [-0.3, -0.25) is 9.59 Å². The maximum atomic E-state index is 12.9. The van der Waals surface area contributed by atoms with Crippen LogP contribution in [0.25, 0.3) is 0 Å². The van der Waals surface area contributed by atoms with Gasteiger partial charge in [0.1, 0.15) is 0 Å². The Labute approximate surface area is 137 Å². The Kier molecular flexibility index (Phi) is 5.16. The molecule has 0 bridgehead atoms. The van der Waals surface area contributed by atoms with Crippen LogP contribution in [-0.4, -0.2) is 18.4 Å². The van der Waals surface area contributed by atoms with Crippen LogP contribution < -0.4 is 10.2 Å². The summed E-state index contributed by atoms with van der Waals surface area (Å²) in [6.45, 7) is 8.01. The molecule has 0 unspecified atom stereocenters. The first-order chi connectivity index (χ1) is 10.9. The number of aryl methyl sites for hydroxylation is 2. The molecule has 1 N–H and O–H groups in total. The van der Waals surface area contributed by atoms with E-state index >= 15 is 0 Å². The van der Waals surface area contributed by atoms with Crippen LogP contribution in [0, 0.1) is 13.8 Å². The van der Waals surface area contributed by atoms with Crippen molar-refractivity contribution in [2.75, 3.05) is 16.8 Å².